The van der Waals surface area contributed by atoms with Gasteiger partial charge >= 0.3 is 6.18 Å². The summed E-state index contributed by atoms with van der Waals surface area (Å²) in [7, 11) is -9.58. The molecular weight excluding hydrogens is 511 g/mol. The first-order chi connectivity index (χ1) is 15.6. The van der Waals surface area contributed by atoms with E-state index in [0.29, 0.717) is 40.7 Å². The molecule has 0 radical (unpaired) electrons. The maximum absolute atomic E-state index is 13.6. The van der Waals surface area contributed by atoms with Gasteiger partial charge in [0.25, 0.3) is 0 Å². The number of hydrogen-bond donors (Lipinski definition) is 2. The Bertz CT molecular complexity index is 1390. The van der Waals surface area contributed by atoms with Crippen molar-refractivity contribution in [3.63, 3.8) is 0 Å². The summed E-state index contributed by atoms with van der Waals surface area (Å²) >= 11 is 0. The van der Waals surface area contributed by atoms with Crippen LogP contribution >= 0.6 is 0 Å². The summed E-state index contributed by atoms with van der Waals surface area (Å²) in [5, 5.41) is 18.3. The highest BCUT2D eigenvalue weighted by Gasteiger charge is 2.55. The average molecular weight is 526 g/mol. The van der Waals surface area contributed by atoms with Crippen molar-refractivity contribution in [2.75, 3.05) is 19.7 Å². The van der Waals surface area contributed by atoms with Crippen LogP contribution in [0.4, 0.5) is 27.6 Å². The summed E-state index contributed by atoms with van der Waals surface area (Å²) in [4.78, 5) is 1.14. The van der Waals surface area contributed by atoms with E-state index in [2.05, 4.69) is 4.85 Å². The lowest BCUT2D eigenvalue weighted by Gasteiger charge is -2.26. The van der Waals surface area contributed by atoms with Gasteiger partial charge in [-0.25, -0.2) is 30.5 Å². The Morgan fingerprint density at radius 1 is 1.09 bits per heavy atom. The van der Waals surface area contributed by atoms with Gasteiger partial charge in [-0.05, 0) is 24.3 Å². The second-order valence-corrected chi connectivity index (χ2v) is 11.5. The van der Waals surface area contributed by atoms with Crippen LogP contribution in [0.3, 0.4) is 0 Å². The van der Waals surface area contributed by atoms with Gasteiger partial charge in [0.1, 0.15) is 10.9 Å². The smallest absolute Gasteiger partial charge is 0.393 e. The van der Waals surface area contributed by atoms with Gasteiger partial charge in [-0.3, -0.25) is 0 Å². The fourth-order valence-corrected chi connectivity index (χ4v) is 7.18. The van der Waals surface area contributed by atoms with Crippen LogP contribution in [0, 0.1) is 18.2 Å². The van der Waals surface area contributed by atoms with E-state index < -0.39 is 89.3 Å². The molecule has 15 heteroatoms. The second-order valence-electron chi connectivity index (χ2n) is 7.46. The molecule has 1 aliphatic heterocycles. The van der Waals surface area contributed by atoms with E-state index in [-0.39, 0.29) is 0 Å². The summed E-state index contributed by atoms with van der Waals surface area (Å²) in [5.74, 6) is -2.89. The van der Waals surface area contributed by atoms with Crippen molar-refractivity contribution < 1.29 is 49.0 Å². The Labute approximate surface area is 190 Å². The van der Waals surface area contributed by atoms with Gasteiger partial charge in [0, 0.05) is 18.7 Å². The molecule has 2 aromatic rings. The monoisotopic (exact) mass is 526 g/mol. The summed E-state index contributed by atoms with van der Waals surface area (Å²) < 4.78 is 118. The molecule has 184 valence electrons. The Morgan fingerprint density at radius 2 is 1.74 bits per heavy atom. The van der Waals surface area contributed by atoms with E-state index in [1.165, 1.54) is 0 Å². The van der Waals surface area contributed by atoms with E-state index in [9.17, 15) is 49.0 Å². The van der Waals surface area contributed by atoms with Crippen LogP contribution < -0.4 is 0 Å². The fourth-order valence-electron chi connectivity index (χ4n) is 3.50. The third kappa shape index (κ3) is 4.39. The maximum atomic E-state index is 13.6. The molecule has 2 N–H and O–H groups in total. The number of rotatable bonds is 5. The molecule has 1 saturated heterocycles. The Kier molecular flexibility index (Phi) is 6.52. The summed E-state index contributed by atoms with van der Waals surface area (Å²) in [6.07, 6.45) is -4.86. The number of benzene rings is 2. The molecule has 0 amide bonds. The van der Waals surface area contributed by atoms with Crippen LogP contribution in [0.25, 0.3) is 4.85 Å². The minimum atomic E-state index is -4.86. The van der Waals surface area contributed by atoms with Crippen molar-refractivity contribution in [2.24, 2.45) is 0 Å². The van der Waals surface area contributed by atoms with Crippen LogP contribution in [-0.2, 0) is 26.0 Å². The number of β-amino-alcohol motifs (C(OH)–C–C–N with tert-alkyl or cyclic N) is 1. The molecule has 1 fully saturated rings. The molecule has 1 heterocycles. The predicted octanol–water partition coefficient (Wildman–Crippen LogP) is 2.10. The minimum absolute atomic E-state index is 0.309. The first kappa shape index (κ1) is 26.0. The lowest BCUT2D eigenvalue weighted by Crippen LogP contribution is -2.49. The molecule has 34 heavy (non-hydrogen) atoms. The van der Waals surface area contributed by atoms with Gasteiger partial charge in [0.05, 0.1) is 23.0 Å². The molecule has 3 rings (SSSR count). The van der Waals surface area contributed by atoms with Crippen LogP contribution in [0.15, 0.2) is 46.2 Å². The number of alkyl halides is 3. The van der Waals surface area contributed by atoms with Crippen molar-refractivity contribution in [3.8, 4) is 0 Å². The van der Waals surface area contributed by atoms with Crippen molar-refractivity contribution >= 4 is 25.5 Å². The molecule has 8 nitrogen and oxygen atoms in total. The summed E-state index contributed by atoms with van der Waals surface area (Å²) in [6, 6.07) is 2.78. The second kappa shape index (κ2) is 8.54. The topological polar surface area (TPSA) is 116 Å². The minimum Gasteiger partial charge on any atom is -0.393 e. The molecule has 2 atom stereocenters. The fraction of sp³-hybridized carbons (Fsp3) is 0.316. The first-order valence-electron chi connectivity index (χ1n) is 9.19. The molecule has 0 spiro atoms. The maximum Gasteiger partial charge on any atom is 0.415 e. The van der Waals surface area contributed by atoms with Crippen molar-refractivity contribution in [2.45, 2.75) is 26.8 Å². The lowest BCUT2D eigenvalue weighted by atomic mass is 10.1. The van der Waals surface area contributed by atoms with E-state index >= 15 is 0 Å². The molecule has 0 aromatic heterocycles. The van der Waals surface area contributed by atoms with E-state index in [1.807, 2.05) is 0 Å². The molecule has 0 unspecified atom stereocenters. The molecule has 0 saturated carbocycles. The number of hydrogen-bond acceptors (Lipinski definition) is 6. The highest BCUT2D eigenvalue weighted by Crippen LogP contribution is 2.39. The zero-order chi connectivity index (χ0) is 25.7. The summed E-state index contributed by atoms with van der Waals surface area (Å²) in [5.41, 5.74) is -4.78. The Hall–Kier alpha value is -2.64. The van der Waals surface area contributed by atoms with E-state index in [1.54, 1.807) is 0 Å². The van der Waals surface area contributed by atoms with Gasteiger partial charge in [-0.1, -0.05) is 12.1 Å². The van der Waals surface area contributed by atoms with Gasteiger partial charge in [0.15, 0.2) is 21.5 Å². The van der Waals surface area contributed by atoms with Crippen molar-refractivity contribution in [1.82, 2.24) is 4.31 Å². The predicted molar refractivity (Wildman–Crippen MR) is 106 cm³/mol. The molecule has 1 aliphatic rings. The van der Waals surface area contributed by atoms with Gasteiger partial charge in [-0.2, -0.15) is 17.5 Å². The molecule has 0 aliphatic carbocycles. The molecule has 0 bridgehead atoms. The van der Waals surface area contributed by atoms with Gasteiger partial charge in [-0.15, -0.1) is 0 Å². The highest BCUT2D eigenvalue weighted by molar-refractivity contribution is 7.92. The third-order valence-electron chi connectivity index (χ3n) is 5.31. The third-order valence-corrected chi connectivity index (χ3v) is 9.42. The van der Waals surface area contributed by atoms with E-state index in [4.69, 9.17) is 6.57 Å². The summed E-state index contributed by atoms with van der Waals surface area (Å²) in [6.45, 7) is 3.82. The number of sulfonamides is 1. The lowest BCUT2D eigenvalue weighted by molar-refractivity contribution is -0.137. The van der Waals surface area contributed by atoms with E-state index in [0.717, 1.165) is 0 Å². The van der Waals surface area contributed by atoms with Crippen LogP contribution in [0.2, 0.25) is 0 Å². The number of halogens is 5. The number of aliphatic hydroxyl groups is 2. The zero-order valence-corrected chi connectivity index (χ0v) is 18.4. The van der Waals surface area contributed by atoms with Crippen LogP contribution in [-0.4, -0.2) is 61.9 Å². The zero-order valence-electron chi connectivity index (χ0n) is 16.8. The standard InChI is InChI=1S/C19H15F5N2O6S2/c1-25-15-6-11(19(22,23)24)2-5-16(15)34(31,32)26-8-17(18(28,9-26)10-27)33(29,30)12-3-4-13(20)14(21)7-12/h2-7,17,27-28H,8-10H2/t17-,18-/m0/s1. The normalized spacial score (nSPS) is 22.0. The molecule has 2 aromatic carbocycles. The largest absolute Gasteiger partial charge is 0.415 e. The molecular formula is C19H15F5N2O6S2. The van der Waals surface area contributed by atoms with Crippen molar-refractivity contribution in [3.05, 3.63) is 65.0 Å². The SMILES string of the molecule is [C-]#[N+]c1cc(C(F)(F)F)ccc1S(=O)(=O)N1C[C@H](S(=O)(=O)c2ccc(F)c(F)c2)[C@@](O)(CO)C1. The number of nitrogens with zero attached hydrogens (tertiary/aromatic N) is 2. The Morgan fingerprint density at radius 3 is 2.26 bits per heavy atom. The number of sulfone groups is 1. The number of aliphatic hydroxyl groups excluding tert-OH is 1. The van der Waals surface area contributed by atoms with Crippen LogP contribution in [0.5, 0.6) is 0 Å². The first-order valence-corrected chi connectivity index (χ1v) is 12.2. The Balaban J connectivity index is 2.06. The quantitative estimate of drug-likeness (QED) is 0.350. The van der Waals surface area contributed by atoms with Gasteiger partial charge in [0.2, 0.25) is 15.7 Å². The average Bonchev–Trinajstić information content (AvgIpc) is 3.14. The van der Waals surface area contributed by atoms with Gasteiger partial charge < -0.3 is 10.2 Å². The highest BCUT2D eigenvalue weighted by atomic mass is 32.2. The van der Waals surface area contributed by atoms with Crippen LogP contribution in [0.1, 0.15) is 5.56 Å². The van der Waals surface area contributed by atoms with Crippen molar-refractivity contribution in [1.29, 1.82) is 0 Å².